The summed E-state index contributed by atoms with van der Waals surface area (Å²) in [5, 5.41) is 8.35. The molecule has 1 fully saturated rings. The molecule has 0 unspecified atom stereocenters. The third kappa shape index (κ3) is 5.88. The molecule has 1 N–H and O–H groups in total. The van der Waals surface area contributed by atoms with Gasteiger partial charge in [0, 0.05) is 29.0 Å². The zero-order chi connectivity index (χ0) is 22.8. The fraction of sp³-hybridized carbons (Fsp3) is 0.542. The van der Waals surface area contributed by atoms with Crippen molar-refractivity contribution in [1.82, 2.24) is 14.7 Å². The molecule has 1 heterocycles. The van der Waals surface area contributed by atoms with Gasteiger partial charge in [-0.1, -0.05) is 52.6 Å². The number of aromatic nitrogens is 2. The molecular weight excluding hydrogens is 412 g/mol. The Labute approximate surface area is 190 Å². The summed E-state index contributed by atoms with van der Waals surface area (Å²) in [6, 6.07) is 9.21. The summed E-state index contributed by atoms with van der Waals surface area (Å²) in [4.78, 5) is 27.5. The van der Waals surface area contributed by atoms with Crippen LogP contribution in [0.3, 0.4) is 0 Å². The number of carbonyl (C=O) groups excluding carboxylic acids is 2. The van der Waals surface area contributed by atoms with E-state index in [4.69, 9.17) is 16.7 Å². The first kappa shape index (κ1) is 23.3. The van der Waals surface area contributed by atoms with Gasteiger partial charge in [-0.3, -0.25) is 9.59 Å². The minimum absolute atomic E-state index is 0.0458. The van der Waals surface area contributed by atoms with Crippen molar-refractivity contribution in [3.8, 4) is 5.69 Å². The molecule has 3 rings (SSSR count). The van der Waals surface area contributed by atoms with E-state index in [1.54, 1.807) is 21.7 Å². The van der Waals surface area contributed by atoms with Gasteiger partial charge in [0.15, 0.2) is 0 Å². The molecule has 168 valence electrons. The van der Waals surface area contributed by atoms with Crippen molar-refractivity contribution in [1.29, 1.82) is 0 Å². The van der Waals surface area contributed by atoms with Crippen LogP contribution in [-0.4, -0.2) is 39.6 Å². The number of nitrogens with zero attached hydrogens (tertiary/aromatic N) is 3. The number of carbonyl (C=O) groups is 2. The Balaban J connectivity index is 1.82. The van der Waals surface area contributed by atoms with E-state index in [1.165, 1.54) is 0 Å². The average molecular weight is 445 g/mol. The van der Waals surface area contributed by atoms with Gasteiger partial charge in [-0.2, -0.15) is 5.10 Å². The Morgan fingerprint density at radius 1 is 1.23 bits per heavy atom. The maximum Gasteiger partial charge on any atom is 0.245 e. The van der Waals surface area contributed by atoms with Crippen molar-refractivity contribution >= 4 is 29.2 Å². The van der Waals surface area contributed by atoms with Crippen LogP contribution in [0.2, 0.25) is 5.02 Å². The highest BCUT2D eigenvalue weighted by molar-refractivity contribution is 6.30. The average Bonchev–Trinajstić information content (AvgIpc) is 3.04. The van der Waals surface area contributed by atoms with Gasteiger partial charge in [-0.25, -0.2) is 4.68 Å². The largest absolute Gasteiger partial charge is 0.333 e. The second kappa shape index (κ2) is 9.43. The quantitative estimate of drug-likeness (QED) is 0.650. The molecule has 6 nitrogen and oxygen atoms in total. The lowest BCUT2D eigenvalue weighted by Gasteiger charge is -2.32. The molecule has 0 bridgehead atoms. The van der Waals surface area contributed by atoms with E-state index >= 15 is 0 Å². The maximum absolute atomic E-state index is 13.0. The first-order valence-electron chi connectivity index (χ1n) is 11.0. The van der Waals surface area contributed by atoms with Crippen LogP contribution in [0.5, 0.6) is 0 Å². The lowest BCUT2D eigenvalue weighted by molar-refractivity contribution is -0.141. The Hall–Kier alpha value is -2.34. The molecule has 31 heavy (non-hydrogen) atoms. The number of anilines is 1. The molecule has 1 aliphatic rings. The predicted molar refractivity (Wildman–Crippen MR) is 125 cm³/mol. The Morgan fingerprint density at radius 2 is 1.87 bits per heavy atom. The van der Waals surface area contributed by atoms with Gasteiger partial charge >= 0.3 is 0 Å². The van der Waals surface area contributed by atoms with Gasteiger partial charge in [0.1, 0.15) is 5.82 Å². The van der Waals surface area contributed by atoms with E-state index in [0.29, 0.717) is 23.3 Å². The number of benzene rings is 1. The molecule has 0 radical (unpaired) electrons. The monoisotopic (exact) mass is 444 g/mol. The third-order valence-corrected chi connectivity index (χ3v) is 5.75. The molecule has 1 saturated carbocycles. The molecule has 1 aliphatic carbocycles. The van der Waals surface area contributed by atoms with Crippen LogP contribution in [0.1, 0.15) is 59.6 Å². The van der Waals surface area contributed by atoms with Gasteiger partial charge < -0.3 is 10.2 Å². The van der Waals surface area contributed by atoms with Gasteiger partial charge in [-0.15, -0.1) is 0 Å². The first-order chi connectivity index (χ1) is 14.5. The molecule has 1 aromatic heterocycles. The fourth-order valence-corrected chi connectivity index (χ4v) is 3.68. The molecule has 0 saturated heterocycles. The smallest absolute Gasteiger partial charge is 0.245 e. The molecule has 0 atom stereocenters. The van der Waals surface area contributed by atoms with Crippen LogP contribution in [0.25, 0.3) is 5.69 Å². The van der Waals surface area contributed by atoms with Crippen molar-refractivity contribution in [2.45, 2.75) is 59.3 Å². The lowest BCUT2D eigenvalue weighted by atomic mass is 9.84. The summed E-state index contributed by atoms with van der Waals surface area (Å²) in [5.41, 5.74) is 1.49. The van der Waals surface area contributed by atoms with E-state index in [2.05, 4.69) is 39.9 Å². The summed E-state index contributed by atoms with van der Waals surface area (Å²) in [5.74, 6) is 0.820. The fourth-order valence-electron chi connectivity index (χ4n) is 3.56. The summed E-state index contributed by atoms with van der Waals surface area (Å²) in [6.07, 6.45) is 2.94. The molecular formula is C24H33ClN4O2. The lowest BCUT2D eigenvalue weighted by Crippen LogP contribution is -2.44. The minimum atomic E-state index is -0.219. The molecule has 7 heteroatoms. The number of rotatable bonds is 7. The van der Waals surface area contributed by atoms with Crippen LogP contribution < -0.4 is 5.32 Å². The third-order valence-electron chi connectivity index (χ3n) is 5.50. The van der Waals surface area contributed by atoms with E-state index < -0.39 is 0 Å². The van der Waals surface area contributed by atoms with Gasteiger partial charge in [-0.05, 0) is 43.0 Å². The first-order valence-corrected chi connectivity index (χ1v) is 11.4. The highest BCUT2D eigenvalue weighted by Crippen LogP contribution is 2.29. The zero-order valence-electron chi connectivity index (χ0n) is 19.1. The van der Waals surface area contributed by atoms with Gasteiger partial charge in [0.05, 0.1) is 17.9 Å². The van der Waals surface area contributed by atoms with Crippen molar-refractivity contribution < 1.29 is 9.59 Å². The number of halogens is 1. The Kier molecular flexibility index (Phi) is 7.10. The minimum Gasteiger partial charge on any atom is -0.333 e. The topological polar surface area (TPSA) is 67.2 Å². The standard InChI is InChI=1S/C24H33ClN4O2/c1-16(2)14-28(23(31)17-7-6-8-17)15-22(30)26-21-13-20(24(3,4)5)27-29(21)19-11-9-18(25)10-12-19/h9-13,16-17H,6-8,14-15H2,1-5H3,(H,26,30). The van der Waals surface area contributed by atoms with E-state index in [-0.39, 0.29) is 29.7 Å². The van der Waals surface area contributed by atoms with E-state index in [0.717, 1.165) is 30.6 Å². The normalized spacial score (nSPS) is 14.4. The number of amides is 2. The van der Waals surface area contributed by atoms with E-state index in [1.807, 2.05) is 18.2 Å². The number of nitrogens with one attached hydrogen (secondary N) is 1. The predicted octanol–water partition coefficient (Wildman–Crippen LogP) is 5.05. The van der Waals surface area contributed by atoms with Gasteiger partial charge in [0.25, 0.3) is 0 Å². The summed E-state index contributed by atoms with van der Waals surface area (Å²) < 4.78 is 1.72. The van der Waals surface area contributed by atoms with Crippen LogP contribution in [0, 0.1) is 11.8 Å². The number of hydrogen-bond donors (Lipinski definition) is 1. The Bertz CT molecular complexity index is 924. The van der Waals surface area contributed by atoms with Crippen molar-refractivity contribution in [2.24, 2.45) is 11.8 Å². The summed E-state index contributed by atoms with van der Waals surface area (Å²) >= 11 is 6.03. The second-order valence-corrected chi connectivity index (χ2v) is 10.3. The Morgan fingerprint density at radius 3 is 2.39 bits per heavy atom. The number of hydrogen-bond acceptors (Lipinski definition) is 3. The second-order valence-electron chi connectivity index (χ2n) is 9.84. The summed E-state index contributed by atoms with van der Waals surface area (Å²) in [7, 11) is 0. The SMILES string of the molecule is CC(C)CN(CC(=O)Nc1cc(C(C)(C)C)nn1-c1ccc(Cl)cc1)C(=O)C1CCC1. The maximum atomic E-state index is 13.0. The molecule has 2 amide bonds. The molecule has 0 aliphatic heterocycles. The molecule has 0 spiro atoms. The van der Waals surface area contributed by atoms with Crippen molar-refractivity contribution in [3.05, 3.63) is 41.0 Å². The van der Waals surface area contributed by atoms with Crippen LogP contribution in [0.4, 0.5) is 5.82 Å². The van der Waals surface area contributed by atoms with Crippen LogP contribution in [-0.2, 0) is 15.0 Å². The van der Waals surface area contributed by atoms with Crippen LogP contribution >= 0.6 is 11.6 Å². The van der Waals surface area contributed by atoms with Crippen molar-refractivity contribution in [2.75, 3.05) is 18.4 Å². The highest BCUT2D eigenvalue weighted by Gasteiger charge is 2.31. The van der Waals surface area contributed by atoms with Gasteiger partial charge in [0.2, 0.25) is 11.8 Å². The van der Waals surface area contributed by atoms with Crippen LogP contribution in [0.15, 0.2) is 30.3 Å². The van der Waals surface area contributed by atoms with Crippen molar-refractivity contribution in [3.63, 3.8) is 0 Å². The molecule has 1 aromatic carbocycles. The zero-order valence-corrected chi connectivity index (χ0v) is 19.9. The van der Waals surface area contributed by atoms with E-state index in [9.17, 15) is 9.59 Å². The summed E-state index contributed by atoms with van der Waals surface area (Å²) in [6.45, 7) is 11.0. The highest BCUT2D eigenvalue weighted by atomic mass is 35.5. The molecule has 2 aromatic rings.